The van der Waals surface area contributed by atoms with Crippen LogP contribution >= 0.6 is 0 Å². The molecule has 2 aromatic carbocycles. The number of ether oxygens (including phenoxy) is 2. The van der Waals surface area contributed by atoms with Crippen LogP contribution in [0.1, 0.15) is 21.5 Å². The Bertz CT molecular complexity index is 774. The standard InChI is InChI=1S/C21H26N2O3/c1-15-8-9-17(14-16(15)2)22-10-12-23(13-11-22)21(24)20-18(25-3)6-5-7-19(20)26-4/h5-9,14H,10-13H2,1-4H3. The third kappa shape index (κ3) is 3.47. The zero-order valence-corrected chi connectivity index (χ0v) is 15.9. The Balaban J connectivity index is 1.74. The van der Waals surface area contributed by atoms with Gasteiger partial charge in [0.05, 0.1) is 14.2 Å². The summed E-state index contributed by atoms with van der Waals surface area (Å²) in [7, 11) is 3.15. The van der Waals surface area contributed by atoms with Crippen LogP contribution in [-0.4, -0.2) is 51.2 Å². The van der Waals surface area contributed by atoms with E-state index in [1.54, 1.807) is 26.4 Å². The smallest absolute Gasteiger partial charge is 0.261 e. The molecule has 0 bridgehead atoms. The summed E-state index contributed by atoms with van der Waals surface area (Å²) in [6.45, 7) is 7.22. The maximum Gasteiger partial charge on any atom is 0.261 e. The number of carbonyl (C=O) groups excluding carboxylic acids is 1. The van der Waals surface area contributed by atoms with Crippen molar-refractivity contribution in [2.75, 3.05) is 45.3 Å². The molecule has 2 aromatic rings. The van der Waals surface area contributed by atoms with Gasteiger partial charge in [-0.3, -0.25) is 4.79 Å². The van der Waals surface area contributed by atoms with Crippen molar-refractivity contribution in [2.24, 2.45) is 0 Å². The van der Waals surface area contributed by atoms with Crippen molar-refractivity contribution in [1.82, 2.24) is 4.90 Å². The molecule has 1 saturated heterocycles. The quantitative estimate of drug-likeness (QED) is 0.845. The largest absolute Gasteiger partial charge is 0.496 e. The van der Waals surface area contributed by atoms with Crippen LogP contribution in [0.5, 0.6) is 11.5 Å². The summed E-state index contributed by atoms with van der Waals surface area (Å²) in [5.41, 5.74) is 4.30. The fourth-order valence-electron chi connectivity index (χ4n) is 3.31. The van der Waals surface area contributed by atoms with Crippen LogP contribution in [0.3, 0.4) is 0 Å². The minimum absolute atomic E-state index is 0.0426. The highest BCUT2D eigenvalue weighted by Crippen LogP contribution is 2.30. The predicted octanol–water partition coefficient (Wildman–Crippen LogP) is 3.28. The molecule has 26 heavy (non-hydrogen) atoms. The summed E-state index contributed by atoms with van der Waals surface area (Å²) in [6.07, 6.45) is 0. The van der Waals surface area contributed by atoms with Gasteiger partial charge >= 0.3 is 0 Å². The number of piperazine rings is 1. The van der Waals surface area contributed by atoms with Crippen molar-refractivity contribution in [3.05, 3.63) is 53.1 Å². The normalized spacial score (nSPS) is 14.3. The molecule has 138 valence electrons. The summed E-state index contributed by atoms with van der Waals surface area (Å²) in [5, 5.41) is 0. The highest BCUT2D eigenvalue weighted by Gasteiger charge is 2.27. The first kappa shape index (κ1) is 18.1. The van der Waals surface area contributed by atoms with E-state index in [9.17, 15) is 4.79 Å². The second kappa shape index (κ2) is 7.68. The lowest BCUT2D eigenvalue weighted by Crippen LogP contribution is -2.49. The van der Waals surface area contributed by atoms with E-state index >= 15 is 0 Å². The van der Waals surface area contributed by atoms with Crippen molar-refractivity contribution >= 4 is 11.6 Å². The van der Waals surface area contributed by atoms with Crippen molar-refractivity contribution in [3.63, 3.8) is 0 Å². The van der Waals surface area contributed by atoms with E-state index in [1.807, 2.05) is 11.0 Å². The molecule has 0 saturated carbocycles. The first-order valence-electron chi connectivity index (χ1n) is 8.87. The predicted molar refractivity (Wildman–Crippen MR) is 104 cm³/mol. The highest BCUT2D eigenvalue weighted by atomic mass is 16.5. The molecule has 5 nitrogen and oxygen atoms in total. The summed E-state index contributed by atoms with van der Waals surface area (Å²) < 4.78 is 10.8. The lowest BCUT2D eigenvalue weighted by molar-refractivity contribution is 0.0740. The molecule has 0 unspecified atom stereocenters. The molecule has 1 heterocycles. The third-order valence-corrected chi connectivity index (χ3v) is 5.06. The van der Waals surface area contributed by atoms with Gasteiger partial charge in [-0.25, -0.2) is 0 Å². The number of carbonyl (C=O) groups is 1. The molecular formula is C21H26N2O3. The Morgan fingerprint density at radius 3 is 2.04 bits per heavy atom. The molecule has 1 fully saturated rings. The van der Waals surface area contributed by atoms with Gasteiger partial charge in [0.2, 0.25) is 0 Å². The van der Waals surface area contributed by atoms with Gasteiger partial charge in [0.1, 0.15) is 17.1 Å². The average Bonchev–Trinajstić information content (AvgIpc) is 2.69. The van der Waals surface area contributed by atoms with Crippen molar-refractivity contribution in [2.45, 2.75) is 13.8 Å². The van der Waals surface area contributed by atoms with Gasteiger partial charge in [0.25, 0.3) is 5.91 Å². The Hall–Kier alpha value is -2.69. The van der Waals surface area contributed by atoms with Gasteiger partial charge in [-0.05, 0) is 49.2 Å². The van der Waals surface area contributed by atoms with Gasteiger partial charge in [-0.1, -0.05) is 12.1 Å². The third-order valence-electron chi connectivity index (χ3n) is 5.06. The molecule has 1 amide bonds. The van der Waals surface area contributed by atoms with Crippen molar-refractivity contribution in [1.29, 1.82) is 0 Å². The summed E-state index contributed by atoms with van der Waals surface area (Å²) in [4.78, 5) is 17.3. The molecule has 1 aliphatic heterocycles. The van der Waals surface area contributed by atoms with E-state index in [2.05, 4.69) is 36.9 Å². The minimum Gasteiger partial charge on any atom is -0.496 e. The number of hydrogen-bond acceptors (Lipinski definition) is 4. The molecule has 5 heteroatoms. The fraction of sp³-hybridized carbons (Fsp3) is 0.381. The topological polar surface area (TPSA) is 42.0 Å². The average molecular weight is 354 g/mol. The Morgan fingerprint density at radius 1 is 0.885 bits per heavy atom. The number of hydrogen-bond donors (Lipinski definition) is 0. The Kier molecular flexibility index (Phi) is 5.35. The number of amides is 1. The second-order valence-corrected chi connectivity index (χ2v) is 6.59. The van der Waals surface area contributed by atoms with Crippen LogP contribution in [0.15, 0.2) is 36.4 Å². The molecule has 1 aliphatic rings. The van der Waals surface area contributed by atoms with E-state index in [4.69, 9.17) is 9.47 Å². The van der Waals surface area contributed by atoms with Gasteiger partial charge in [-0.15, -0.1) is 0 Å². The van der Waals surface area contributed by atoms with Crippen LogP contribution in [0.4, 0.5) is 5.69 Å². The lowest BCUT2D eigenvalue weighted by atomic mass is 10.1. The number of nitrogens with zero attached hydrogens (tertiary/aromatic N) is 2. The van der Waals surface area contributed by atoms with Gasteiger partial charge < -0.3 is 19.3 Å². The second-order valence-electron chi connectivity index (χ2n) is 6.59. The summed E-state index contributed by atoms with van der Waals surface area (Å²) >= 11 is 0. The fourth-order valence-corrected chi connectivity index (χ4v) is 3.31. The van der Waals surface area contributed by atoms with Crippen molar-refractivity contribution < 1.29 is 14.3 Å². The van der Waals surface area contributed by atoms with E-state index in [0.717, 1.165) is 13.1 Å². The number of aryl methyl sites for hydroxylation is 2. The number of anilines is 1. The van der Waals surface area contributed by atoms with E-state index in [-0.39, 0.29) is 5.91 Å². The lowest BCUT2D eigenvalue weighted by Gasteiger charge is -2.36. The van der Waals surface area contributed by atoms with E-state index in [1.165, 1.54) is 16.8 Å². The molecule has 0 radical (unpaired) electrons. The molecule has 3 rings (SSSR count). The minimum atomic E-state index is -0.0426. The number of benzene rings is 2. The summed E-state index contributed by atoms with van der Waals surface area (Å²) in [6, 6.07) is 11.9. The molecule has 0 atom stereocenters. The zero-order chi connectivity index (χ0) is 18.7. The van der Waals surface area contributed by atoms with Crippen LogP contribution < -0.4 is 14.4 Å². The maximum absolute atomic E-state index is 13.0. The van der Waals surface area contributed by atoms with E-state index in [0.29, 0.717) is 30.2 Å². The summed E-state index contributed by atoms with van der Waals surface area (Å²) in [5.74, 6) is 1.05. The molecule has 0 spiro atoms. The molecular weight excluding hydrogens is 328 g/mol. The van der Waals surface area contributed by atoms with Crippen LogP contribution in [0.25, 0.3) is 0 Å². The first-order chi connectivity index (χ1) is 12.5. The van der Waals surface area contributed by atoms with Crippen LogP contribution in [0, 0.1) is 13.8 Å². The van der Waals surface area contributed by atoms with Crippen molar-refractivity contribution in [3.8, 4) is 11.5 Å². The van der Waals surface area contributed by atoms with Gasteiger partial charge in [0.15, 0.2) is 0 Å². The van der Waals surface area contributed by atoms with Crippen LogP contribution in [-0.2, 0) is 0 Å². The van der Waals surface area contributed by atoms with Gasteiger partial charge in [0, 0.05) is 31.9 Å². The first-order valence-corrected chi connectivity index (χ1v) is 8.87. The zero-order valence-electron chi connectivity index (χ0n) is 15.9. The highest BCUT2D eigenvalue weighted by molar-refractivity contribution is 5.99. The van der Waals surface area contributed by atoms with Crippen LogP contribution in [0.2, 0.25) is 0 Å². The SMILES string of the molecule is COc1cccc(OC)c1C(=O)N1CCN(c2ccc(C)c(C)c2)CC1. The van der Waals surface area contributed by atoms with E-state index < -0.39 is 0 Å². The molecule has 0 N–H and O–H groups in total. The Labute approximate surface area is 155 Å². The molecule has 0 aliphatic carbocycles. The maximum atomic E-state index is 13.0. The number of rotatable bonds is 4. The molecule has 0 aromatic heterocycles. The Morgan fingerprint density at radius 2 is 1.50 bits per heavy atom. The monoisotopic (exact) mass is 354 g/mol. The van der Waals surface area contributed by atoms with Gasteiger partial charge in [-0.2, -0.15) is 0 Å². The number of methoxy groups -OCH3 is 2.